The third-order valence-electron chi connectivity index (χ3n) is 1.63. The second-order valence-electron chi connectivity index (χ2n) is 2.92. The zero-order valence-corrected chi connectivity index (χ0v) is 8.82. The fourth-order valence-electron chi connectivity index (χ4n) is 0.991. The van der Waals surface area contributed by atoms with E-state index in [0.29, 0.717) is 11.7 Å². The Hall–Kier alpha value is -0.830. The molecule has 1 aromatic rings. The minimum absolute atomic E-state index is 0.451. The summed E-state index contributed by atoms with van der Waals surface area (Å²) in [4.78, 5) is 0. The number of rotatable bonds is 4. The standard InChI is InChI=1S/C10H14O2S/c1-3-4-10(13)11-7-9-6-5-8(2)12-9/h5-6H,3-4,7H2,1-2H3. The molecule has 1 heterocycles. The summed E-state index contributed by atoms with van der Waals surface area (Å²) in [5.41, 5.74) is 0. The number of thiocarbonyl (C=S) groups is 1. The van der Waals surface area contributed by atoms with Gasteiger partial charge in [-0.05, 0) is 37.7 Å². The van der Waals surface area contributed by atoms with Gasteiger partial charge in [-0.3, -0.25) is 0 Å². The van der Waals surface area contributed by atoms with E-state index in [1.807, 2.05) is 19.1 Å². The van der Waals surface area contributed by atoms with Crippen molar-refractivity contribution in [2.45, 2.75) is 33.3 Å². The van der Waals surface area contributed by atoms with Crippen LogP contribution in [0.1, 0.15) is 31.3 Å². The van der Waals surface area contributed by atoms with Gasteiger partial charge < -0.3 is 9.15 Å². The molecule has 0 saturated heterocycles. The van der Waals surface area contributed by atoms with Crippen molar-refractivity contribution in [3.63, 3.8) is 0 Å². The van der Waals surface area contributed by atoms with Gasteiger partial charge in [0, 0.05) is 6.42 Å². The van der Waals surface area contributed by atoms with Crippen molar-refractivity contribution >= 4 is 17.3 Å². The number of aryl methyl sites for hydroxylation is 1. The lowest BCUT2D eigenvalue weighted by atomic mass is 10.3. The summed E-state index contributed by atoms with van der Waals surface area (Å²) >= 11 is 5.00. The first kappa shape index (κ1) is 10.3. The van der Waals surface area contributed by atoms with Crippen LogP contribution in [0.25, 0.3) is 0 Å². The molecule has 0 amide bonds. The van der Waals surface area contributed by atoms with E-state index in [9.17, 15) is 0 Å². The first-order chi connectivity index (χ1) is 6.22. The molecule has 2 nitrogen and oxygen atoms in total. The third-order valence-corrected chi connectivity index (χ3v) is 1.95. The molecule has 0 aliphatic carbocycles. The van der Waals surface area contributed by atoms with Gasteiger partial charge in [0.1, 0.15) is 18.1 Å². The van der Waals surface area contributed by atoms with Gasteiger partial charge in [-0.1, -0.05) is 6.92 Å². The van der Waals surface area contributed by atoms with E-state index in [2.05, 4.69) is 6.92 Å². The van der Waals surface area contributed by atoms with Crippen LogP contribution in [-0.4, -0.2) is 5.05 Å². The summed E-state index contributed by atoms with van der Waals surface area (Å²) in [6.45, 7) is 4.44. The van der Waals surface area contributed by atoms with Crippen molar-refractivity contribution in [1.82, 2.24) is 0 Å². The molecule has 1 aromatic heterocycles. The molecule has 0 spiro atoms. The summed E-state index contributed by atoms with van der Waals surface area (Å²) in [6, 6.07) is 3.82. The second-order valence-corrected chi connectivity index (χ2v) is 3.38. The number of hydrogen-bond acceptors (Lipinski definition) is 3. The molecule has 0 unspecified atom stereocenters. The monoisotopic (exact) mass is 198 g/mol. The normalized spacial score (nSPS) is 10.0. The summed E-state index contributed by atoms with van der Waals surface area (Å²) in [7, 11) is 0. The minimum atomic E-state index is 0.451. The van der Waals surface area contributed by atoms with Gasteiger partial charge in [0.15, 0.2) is 5.05 Å². The van der Waals surface area contributed by atoms with Crippen molar-refractivity contribution in [2.24, 2.45) is 0 Å². The fraction of sp³-hybridized carbons (Fsp3) is 0.500. The van der Waals surface area contributed by atoms with E-state index in [1.54, 1.807) is 0 Å². The molecule has 0 aliphatic heterocycles. The Morgan fingerprint density at radius 3 is 2.85 bits per heavy atom. The first-order valence-electron chi connectivity index (χ1n) is 4.43. The van der Waals surface area contributed by atoms with Crippen LogP contribution in [0.15, 0.2) is 16.5 Å². The average molecular weight is 198 g/mol. The van der Waals surface area contributed by atoms with Gasteiger partial charge in [0.25, 0.3) is 0 Å². The van der Waals surface area contributed by atoms with Crippen molar-refractivity contribution in [3.05, 3.63) is 23.7 Å². The Morgan fingerprint density at radius 1 is 1.54 bits per heavy atom. The summed E-state index contributed by atoms with van der Waals surface area (Å²) < 4.78 is 10.6. The van der Waals surface area contributed by atoms with Crippen LogP contribution in [0.4, 0.5) is 0 Å². The van der Waals surface area contributed by atoms with Crippen molar-refractivity contribution in [2.75, 3.05) is 0 Å². The molecule has 0 N–H and O–H groups in total. The third kappa shape index (κ3) is 3.59. The smallest absolute Gasteiger partial charge is 0.160 e. The van der Waals surface area contributed by atoms with Crippen molar-refractivity contribution in [3.8, 4) is 0 Å². The minimum Gasteiger partial charge on any atom is -0.479 e. The Balaban J connectivity index is 2.30. The molecular formula is C10H14O2S. The summed E-state index contributed by atoms with van der Waals surface area (Å²) in [6.07, 6.45) is 1.87. The average Bonchev–Trinajstić information content (AvgIpc) is 2.49. The molecule has 0 aromatic carbocycles. The molecule has 13 heavy (non-hydrogen) atoms. The Labute approximate surface area is 83.9 Å². The van der Waals surface area contributed by atoms with Crippen LogP contribution in [0.3, 0.4) is 0 Å². The van der Waals surface area contributed by atoms with Crippen LogP contribution in [0.5, 0.6) is 0 Å². The van der Waals surface area contributed by atoms with E-state index >= 15 is 0 Å². The Morgan fingerprint density at radius 2 is 2.31 bits per heavy atom. The Kier molecular flexibility index (Phi) is 3.96. The van der Waals surface area contributed by atoms with Crippen LogP contribution in [0.2, 0.25) is 0 Å². The second kappa shape index (κ2) is 5.02. The summed E-state index contributed by atoms with van der Waals surface area (Å²) in [5, 5.41) is 0.663. The van der Waals surface area contributed by atoms with Gasteiger partial charge in [-0.2, -0.15) is 0 Å². The molecule has 0 radical (unpaired) electrons. The van der Waals surface area contributed by atoms with Crippen LogP contribution in [-0.2, 0) is 11.3 Å². The zero-order chi connectivity index (χ0) is 9.68. The van der Waals surface area contributed by atoms with Crippen LogP contribution >= 0.6 is 12.2 Å². The topological polar surface area (TPSA) is 22.4 Å². The largest absolute Gasteiger partial charge is 0.479 e. The highest BCUT2D eigenvalue weighted by atomic mass is 32.1. The lowest BCUT2D eigenvalue weighted by Crippen LogP contribution is -2.00. The predicted molar refractivity (Wildman–Crippen MR) is 55.7 cm³/mol. The molecule has 72 valence electrons. The van der Waals surface area contributed by atoms with E-state index < -0.39 is 0 Å². The predicted octanol–water partition coefficient (Wildman–Crippen LogP) is 3.23. The molecule has 0 fully saturated rings. The van der Waals surface area contributed by atoms with Gasteiger partial charge in [0.05, 0.1) is 0 Å². The molecule has 0 bridgehead atoms. The molecule has 0 atom stereocenters. The maximum Gasteiger partial charge on any atom is 0.160 e. The van der Waals surface area contributed by atoms with E-state index in [-0.39, 0.29) is 0 Å². The first-order valence-corrected chi connectivity index (χ1v) is 4.84. The summed E-state index contributed by atoms with van der Waals surface area (Å²) in [5.74, 6) is 1.73. The van der Waals surface area contributed by atoms with Crippen molar-refractivity contribution in [1.29, 1.82) is 0 Å². The number of hydrogen-bond donors (Lipinski definition) is 0. The van der Waals surface area contributed by atoms with Gasteiger partial charge >= 0.3 is 0 Å². The molecule has 0 saturated carbocycles. The van der Waals surface area contributed by atoms with E-state index in [4.69, 9.17) is 21.4 Å². The maximum absolute atomic E-state index is 5.33. The van der Waals surface area contributed by atoms with Crippen molar-refractivity contribution < 1.29 is 9.15 Å². The van der Waals surface area contributed by atoms with E-state index in [1.165, 1.54) is 0 Å². The molecule has 0 aliphatic rings. The molecular weight excluding hydrogens is 184 g/mol. The highest BCUT2D eigenvalue weighted by molar-refractivity contribution is 7.80. The SMILES string of the molecule is CCCC(=S)OCc1ccc(C)o1. The van der Waals surface area contributed by atoms with Gasteiger partial charge in [-0.15, -0.1) is 0 Å². The van der Waals surface area contributed by atoms with Crippen LogP contribution in [0, 0.1) is 6.92 Å². The number of ether oxygens (including phenoxy) is 1. The van der Waals surface area contributed by atoms with E-state index in [0.717, 1.165) is 24.4 Å². The van der Waals surface area contributed by atoms with Gasteiger partial charge in [0.2, 0.25) is 0 Å². The highest BCUT2D eigenvalue weighted by Crippen LogP contribution is 2.08. The highest BCUT2D eigenvalue weighted by Gasteiger charge is 2.00. The zero-order valence-electron chi connectivity index (χ0n) is 8.00. The maximum atomic E-state index is 5.33. The Bertz CT molecular complexity index is 278. The molecule has 3 heteroatoms. The van der Waals surface area contributed by atoms with Crippen LogP contribution < -0.4 is 0 Å². The molecule has 1 rings (SSSR count). The lowest BCUT2D eigenvalue weighted by Gasteiger charge is -2.03. The quantitative estimate of drug-likeness (QED) is 0.693. The fourth-order valence-corrected chi connectivity index (χ4v) is 1.25. The number of furan rings is 1. The lowest BCUT2D eigenvalue weighted by molar-refractivity contribution is 0.255. The van der Waals surface area contributed by atoms with Gasteiger partial charge in [-0.25, -0.2) is 0 Å².